The second-order valence-electron chi connectivity index (χ2n) is 13.0. The molecule has 1 unspecified atom stereocenters. The fraction of sp³-hybridized carbons (Fsp3) is 0.806. The maximum Gasteiger partial charge on any atom is 0.0809 e. The number of hydrogen-bond acceptors (Lipinski definition) is 4. The van der Waals surface area contributed by atoms with Crippen molar-refractivity contribution in [3.63, 3.8) is 0 Å². The van der Waals surface area contributed by atoms with E-state index in [4.69, 9.17) is 4.74 Å². The van der Waals surface area contributed by atoms with E-state index in [0.717, 1.165) is 37.1 Å². The average Bonchev–Trinajstić information content (AvgIpc) is 3.43. The monoisotopic (exact) mass is 483 g/mol. The number of morpholine rings is 1. The molecule has 1 aliphatic heterocycles. The summed E-state index contributed by atoms with van der Waals surface area (Å²) in [6, 6.07) is 0. The molecule has 1 heterocycles. The Morgan fingerprint density at radius 1 is 1.09 bits per heavy atom. The Morgan fingerprint density at radius 3 is 2.57 bits per heavy atom. The van der Waals surface area contributed by atoms with E-state index in [2.05, 4.69) is 37.5 Å². The normalized spacial score (nSPS) is 41.1. The van der Waals surface area contributed by atoms with Gasteiger partial charge in [-0.1, -0.05) is 56.6 Å². The van der Waals surface area contributed by atoms with Crippen LogP contribution in [0.5, 0.6) is 0 Å². The Balaban J connectivity index is 1.20. The molecule has 4 aliphatic carbocycles. The summed E-state index contributed by atoms with van der Waals surface area (Å²) >= 11 is 0. The van der Waals surface area contributed by atoms with E-state index in [0.29, 0.717) is 29.7 Å². The Kier molecular flexibility index (Phi) is 7.66. The van der Waals surface area contributed by atoms with Crippen LogP contribution in [0, 0.1) is 23.2 Å². The van der Waals surface area contributed by atoms with Gasteiger partial charge < -0.3 is 14.9 Å². The number of ether oxygens (including phenoxy) is 1. The highest BCUT2D eigenvalue weighted by Crippen LogP contribution is 2.59. The topological polar surface area (TPSA) is 52.9 Å². The molecule has 2 N–H and O–H groups in total. The fourth-order valence-corrected chi connectivity index (χ4v) is 8.66. The van der Waals surface area contributed by atoms with E-state index in [1.165, 1.54) is 70.8 Å². The summed E-state index contributed by atoms with van der Waals surface area (Å²) in [5.74, 6) is 2.27. The first-order valence-corrected chi connectivity index (χ1v) is 14.6. The van der Waals surface area contributed by atoms with Crippen molar-refractivity contribution in [2.45, 2.75) is 109 Å². The van der Waals surface area contributed by atoms with E-state index in [9.17, 15) is 10.2 Å². The number of aliphatic hydroxyl groups is 2. The zero-order valence-corrected chi connectivity index (χ0v) is 22.3. The Morgan fingerprint density at radius 2 is 1.83 bits per heavy atom. The minimum atomic E-state index is -0.605. The molecule has 4 heteroatoms. The lowest BCUT2D eigenvalue weighted by atomic mass is 9.61. The van der Waals surface area contributed by atoms with Gasteiger partial charge >= 0.3 is 0 Å². The molecule has 4 saturated carbocycles. The third-order valence-electron chi connectivity index (χ3n) is 10.8. The number of aliphatic hydroxyl groups excluding tert-OH is 2. The van der Waals surface area contributed by atoms with Crippen LogP contribution in [0.2, 0.25) is 0 Å². The lowest BCUT2D eigenvalue weighted by Gasteiger charge is -2.45. The van der Waals surface area contributed by atoms with Gasteiger partial charge in [-0.2, -0.15) is 0 Å². The minimum Gasteiger partial charge on any atom is -0.388 e. The van der Waals surface area contributed by atoms with Gasteiger partial charge in [-0.05, 0) is 99.5 Å². The van der Waals surface area contributed by atoms with Gasteiger partial charge in [0.2, 0.25) is 0 Å². The summed E-state index contributed by atoms with van der Waals surface area (Å²) in [6.07, 6.45) is 17.7. The molecule has 0 radical (unpaired) electrons. The van der Waals surface area contributed by atoms with Crippen LogP contribution in [0.25, 0.3) is 0 Å². The van der Waals surface area contributed by atoms with Crippen molar-refractivity contribution >= 4 is 0 Å². The van der Waals surface area contributed by atoms with Crippen LogP contribution in [0.4, 0.5) is 0 Å². The van der Waals surface area contributed by atoms with Gasteiger partial charge in [-0.3, -0.25) is 4.90 Å². The third-order valence-corrected chi connectivity index (χ3v) is 10.8. The van der Waals surface area contributed by atoms with Crippen LogP contribution >= 0.6 is 0 Å². The third kappa shape index (κ3) is 5.23. The second-order valence-corrected chi connectivity index (χ2v) is 13.0. The predicted octanol–water partition coefficient (Wildman–Crippen LogP) is 5.80. The number of hydrogen-bond donors (Lipinski definition) is 2. The van der Waals surface area contributed by atoms with Crippen LogP contribution in [0.1, 0.15) is 90.9 Å². The van der Waals surface area contributed by atoms with Crippen molar-refractivity contribution in [1.82, 2.24) is 4.90 Å². The van der Waals surface area contributed by atoms with E-state index in [1.54, 1.807) is 5.57 Å². The molecule has 0 aromatic carbocycles. The van der Waals surface area contributed by atoms with Gasteiger partial charge in [0.15, 0.2) is 0 Å². The van der Waals surface area contributed by atoms with Crippen molar-refractivity contribution in [2.75, 3.05) is 26.2 Å². The largest absolute Gasteiger partial charge is 0.388 e. The van der Waals surface area contributed by atoms with E-state index in [-0.39, 0.29) is 5.60 Å². The maximum absolute atomic E-state index is 10.2. The second kappa shape index (κ2) is 10.4. The summed E-state index contributed by atoms with van der Waals surface area (Å²) in [5, 5.41) is 20.4. The van der Waals surface area contributed by atoms with Gasteiger partial charge in [-0.15, -0.1) is 0 Å². The molecule has 5 rings (SSSR count). The lowest BCUT2D eigenvalue weighted by Crippen LogP contribution is -2.50. The van der Waals surface area contributed by atoms with Gasteiger partial charge in [0.05, 0.1) is 24.4 Å². The summed E-state index contributed by atoms with van der Waals surface area (Å²) in [4.78, 5) is 2.71. The molecule has 1 spiro atoms. The van der Waals surface area contributed by atoms with Gasteiger partial charge in [-0.25, -0.2) is 0 Å². The number of fused-ring (bicyclic) bond motifs is 1. The molecular weight excluding hydrogens is 434 g/mol. The van der Waals surface area contributed by atoms with Crippen molar-refractivity contribution in [3.8, 4) is 0 Å². The van der Waals surface area contributed by atoms with E-state index < -0.39 is 12.2 Å². The number of allylic oxidation sites excluding steroid dienone is 3. The van der Waals surface area contributed by atoms with Crippen LogP contribution in [0.3, 0.4) is 0 Å². The molecule has 1 saturated heterocycles. The molecule has 0 aromatic rings. The van der Waals surface area contributed by atoms with Crippen LogP contribution < -0.4 is 0 Å². The summed E-state index contributed by atoms with van der Waals surface area (Å²) in [5.41, 5.74) is 3.94. The molecule has 5 fully saturated rings. The molecule has 0 amide bonds. The Labute approximate surface area is 213 Å². The van der Waals surface area contributed by atoms with Crippen LogP contribution in [-0.2, 0) is 4.74 Å². The van der Waals surface area contributed by atoms with E-state index >= 15 is 0 Å². The predicted molar refractivity (Wildman–Crippen MR) is 142 cm³/mol. The highest BCUT2D eigenvalue weighted by atomic mass is 16.5. The first-order valence-electron chi connectivity index (χ1n) is 14.6. The maximum atomic E-state index is 10.2. The number of nitrogens with zero attached hydrogens (tertiary/aromatic N) is 1. The summed E-state index contributed by atoms with van der Waals surface area (Å²) in [6.45, 7) is 13.4. The zero-order chi connectivity index (χ0) is 24.6. The highest BCUT2D eigenvalue weighted by Gasteiger charge is 2.50. The Hall–Kier alpha value is -0.940. The quantitative estimate of drug-likeness (QED) is 0.485. The zero-order valence-electron chi connectivity index (χ0n) is 22.3. The van der Waals surface area contributed by atoms with Gasteiger partial charge in [0, 0.05) is 13.1 Å². The molecule has 0 aromatic heterocycles. The Bertz CT molecular complexity index is 824. The standard InChI is InChI=1S/C31H49NO3/c1-22(12-16-32-17-18-35-31(21-32)14-4-5-15-31)26-10-11-27-25(7-6-13-30(26,27)3)9-8-24-19-28(33)23(2)29(34)20-24/h8-9,22,26-29,33-34H,2,4-7,10-21H2,1,3H3/b24-8?,25-9+/t22?,26-,27+,28-,29+,30-/m1/s1. The van der Waals surface area contributed by atoms with Gasteiger partial charge in [0.1, 0.15) is 0 Å². The SMILES string of the molecule is C=C1[C@H](O)CC(=C/C=C2\CCC[C@]3(C)[C@@H](C(C)CCN4CCOC5(CCCC5)C4)CC[C@@H]23)C[C@@H]1O. The smallest absolute Gasteiger partial charge is 0.0809 e. The van der Waals surface area contributed by atoms with Crippen LogP contribution in [0.15, 0.2) is 35.5 Å². The van der Waals surface area contributed by atoms with Crippen LogP contribution in [-0.4, -0.2) is 59.2 Å². The average molecular weight is 484 g/mol. The highest BCUT2D eigenvalue weighted by molar-refractivity contribution is 5.29. The first kappa shape index (κ1) is 25.7. The minimum absolute atomic E-state index is 0.182. The molecule has 35 heavy (non-hydrogen) atoms. The number of rotatable bonds is 5. The van der Waals surface area contributed by atoms with Crippen molar-refractivity contribution in [3.05, 3.63) is 35.5 Å². The molecule has 196 valence electrons. The van der Waals surface area contributed by atoms with E-state index in [1.807, 2.05) is 0 Å². The fourth-order valence-electron chi connectivity index (χ4n) is 8.66. The van der Waals surface area contributed by atoms with Crippen molar-refractivity contribution < 1.29 is 14.9 Å². The lowest BCUT2D eigenvalue weighted by molar-refractivity contribution is -0.106. The van der Waals surface area contributed by atoms with Crippen molar-refractivity contribution in [1.29, 1.82) is 0 Å². The van der Waals surface area contributed by atoms with Gasteiger partial charge in [0.25, 0.3) is 0 Å². The molecule has 4 nitrogen and oxygen atoms in total. The molecule has 0 bridgehead atoms. The first-order chi connectivity index (χ1) is 16.8. The summed E-state index contributed by atoms with van der Waals surface area (Å²) in [7, 11) is 0. The van der Waals surface area contributed by atoms with Crippen molar-refractivity contribution in [2.24, 2.45) is 23.2 Å². The molecule has 6 atom stereocenters. The summed E-state index contributed by atoms with van der Waals surface area (Å²) < 4.78 is 6.26. The molecule has 5 aliphatic rings. The molecular formula is C31H49NO3.